The van der Waals surface area contributed by atoms with Gasteiger partial charge in [0.05, 0.1) is 11.1 Å². The van der Waals surface area contributed by atoms with Crippen LogP contribution in [-0.2, 0) is 10.2 Å². The molecule has 134 valence electrons. The molecule has 2 rings (SSSR count). The number of halogens is 1. The highest BCUT2D eigenvalue weighted by Gasteiger charge is 2.15. The number of amides is 1. The molecule has 0 fully saturated rings. The van der Waals surface area contributed by atoms with E-state index in [0.29, 0.717) is 18.0 Å². The van der Waals surface area contributed by atoms with E-state index in [2.05, 4.69) is 42.0 Å². The van der Waals surface area contributed by atoms with Crippen LogP contribution >= 0.6 is 15.9 Å². The second kappa shape index (κ2) is 8.39. The maximum atomic E-state index is 12.1. The van der Waals surface area contributed by atoms with Crippen molar-refractivity contribution in [1.82, 2.24) is 0 Å². The minimum atomic E-state index is -0.222. The topological polar surface area (TPSA) is 47.6 Å². The van der Waals surface area contributed by atoms with Gasteiger partial charge in [0.15, 0.2) is 6.61 Å². The number of hydrogen-bond acceptors (Lipinski definition) is 3. The normalized spacial score (nSPS) is 11.1. The lowest BCUT2D eigenvalue weighted by Crippen LogP contribution is -2.20. The average molecular weight is 406 g/mol. The molecule has 0 radical (unpaired) electrons. The minimum absolute atomic E-state index is 0.0595. The molecule has 0 heterocycles. The number of benzene rings is 2. The summed E-state index contributed by atoms with van der Waals surface area (Å²) in [6.07, 6.45) is 0. The second-order valence-corrected chi connectivity index (χ2v) is 7.55. The van der Waals surface area contributed by atoms with Crippen LogP contribution in [-0.4, -0.2) is 19.1 Å². The number of rotatable bonds is 6. The van der Waals surface area contributed by atoms with Crippen LogP contribution in [0.1, 0.15) is 33.3 Å². The number of hydrogen-bond donors (Lipinski definition) is 1. The van der Waals surface area contributed by atoms with E-state index in [-0.39, 0.29) is 17.9 Å². The van der Waals surface area contributed by atoms with Crippen LogP contribution in [0, 0.1) is 0 Å². The molecule has 2 aromatic carbocycles. The number of nitrogens with one attached hydrogen (secondary N) is 1. The van der Waals surface area contributed by atoms with E-state index in [1.165, 1.54) is 5.56 Å². The first kappa shape index (κ1) is 19.3. The van der Waals surface area contributed by atoms with E-state index in [1.54, 1.807) is 6.07 Å². The molecule has 0 saturated heterocycles. The molecule has 0 aliphatic rings. The van der Waals surface area contributed by atoms with Crippen molar-refractivity contribution in [3.63, 3.8) is 0 Å². The first-order valence-electron chi connectivity index (χ1n) is 8.25. The molecule has 0 atom stereocenters. The first-order valence-corrected chi connectivity index (χ1v) is 9.04. The summed E-state index contributed by atoms with van der Waals surface area (Å²) in [6.45, 7) is 8.89. The number of carbonyl (C=O) groups excluding carboxylic acids is 1. The summed E-state index contributed by atoms with van der Waals surface area (Å²) in [5, 5.41) is 2.81. The van der Waals surface area contributed by atoms with Gasteiger partial charge < -0.3 is 14.8 Å². The fourth-order valence-electron chi connectivity index (χ4n) is 2.26. The number of anilines is 1. The Balaban J connectivity index is 1.95. The van der Waals surface area contributed by atoms with Crippen molar-refractivity contribution >= 4 is 27.5 Å². The SMILES string of the molecule is CCOc1cccc(NC(=O)COc2ccc(C(C)(C)C)cc2Br)c1. The molecule has 1 amide bonds. The van der Waals surface area contributed by atoms with Gasteiger partial charge in [0.2, 0.25) is 0 Å². The van der Waals surface area contributed by atoms with Gasteiger partial charge in [-0.2, -0.15) is 0 Å². The van der Waals surface area contributed by atoms with Crippen LogP contribution in [0.3, 0.4) is 0 Å². The molecule has 0 unspecified atom stereocenters. The minimum Gasteiger partial charge on any atom is -0.494 e. The third-order valence-electron chi connectivity index (χ3n) is 3.59. The predicted octanol–water partition coefficient (Wildman–Crippen LogP) is 5.16. The van der Waals surface area contributed by atoms with Crippen molar-refractivity contribution in [1.29, 1.82) is 0 Å². The molecule has 0 aromatic heterocycles. The average Bonchev–Trinajstić information content (AvgIpc) is 2.53. The third-order valence-corrected chi connectivity index (χ3v) is 4.21. The Bertz CT molecular complexity index is 738. The van der Waals surface area contributed by atoms with Crippen molar-refractivity contribution in [2.45, 2.75) is 33.1 Å². The molecule has 0 saturated carbocycles. The van der Waals surface area contributed by atoms with Gasteiger partial charge in [0, 0.05) is 11.8 Å². The zero-order valence-electron chi connectivity index (χ0n) is 15.1. The molecule has 25 heavy (non-hydrogen) atoms. The van der Waals surface area contributed by atoms with Crippen LogP contribution in [0.4, 0.5) is 5.69 Å². The Hall–Kier alpha value is -2.01. The quantitative estimate of drug-likeness (QED) is 0.721. The van der Waals surface area contributed by atoms with Crippen molar-refractivity contribution < 1.29 is 14.3 Å². The van der Waals surface area contributed by atoms with E-state index in [4.69, 9.17) is 9.47 Å². The van der Waals surface area contributed by atoms with Gasteiger partial charge in [-0.1, -0.05) is 32.9 Å². The first-order chi connectivity index (χ1) is 11.8. The van der Waals surface area contributed by atoms with Crippen LogP contribution < -0.4 is 14.8 Å². The summed E-state index contributed by atoms with van der Waals surface area (Å²) in [5.74, 6) is 1.15. The Kier molecular flexibility index (Phi) is 6.48. The summed E-state index contributed by atoms with van der Waals surface area (Å²) in [5.41, 5.74) is 1.94. The summed E-state index contributed by atoms with van der Waals surface area (Å²) in [4.78, 5) is 12.1. The molecule has 0 aliphatic heterocycles. The molecular formula is C20H24BrNO3. The van der Waals surface area contributed by atoms with Crippen molar-refractivity contribution in [3.05, 3.63) is 52.5 Å². The van der Waals surface area contributed by atoms with Crippen LogP contribution in [0.25, 0.3) is 0 Å². The van der Waals surface area contributed by atoms with E-state index in [1.807, 2.05) is 43.3 Å². The molecular weight excluding hydrogens is 382 g/mol. The standard InChI is InChI=1S/C20H24BrNO3/c1-5-24-16-8-6-7-15(12-16)22-19(23)13-25-18-10-9-14(11-17(18)21)20(2,3)4/h6-12H,5,13H2,1-4H3,(H,22,23). The lowest BCUT2D eigenvalue weighted by atomic mass is 9.87. The fraction of sp³-hybridized carbons (Fsp3) is 0.350. The zero-order valence-corrected chi connectivity index (χ0v) is 16.6. The van der Waals surface area contributed by atoms with Gasteiger partial charge in [-0.3, -0.25) is 4.79 Å². The monoisotopic (exact) mass is 405 g/mol. The van der Waals surface area contributed by atoms with Crippen LogP contribution in [0.5, 0.6) is 11.5 Å². The molecule has 4 nitrogen and oxygen atoms in total. The largest absolute Gasteiger partial charge is 0.494 e. The van der Waals surface area contributed by atoms with Crippen LogP contribution in [0.15, 0.2) is 46.9 Å². The van der Waals surface area contributed by atoms with E-state index >= 15 is 0 Å². The van der Waals surface area contributed by atoms with Gasteiger partial charge >= 0.3 is 0 Å². The molecule has 2 aromatic rings. The van der Waals surface area contributed by atoms with Crippen LogP contribution in [0.2, 0.25) is 0 Å². The van der Waals surface area contributed by atoms with E-state index in [9.17, 15) is 4.79 Å². The number of carbonyl (C=O) groups is 1. The highest BCUT2D eigenvalue weighted by molar-refractivity contribution is 9.10. The van der Waals surface area contributed by atoms with E-state index in [0.717, 1.165) is 10.2 Å². The Labute approximate surface area is 157 Å². The maximum Gasteiger partial charge on any atom is 0.262 e. The van der Waals surface area contributed by atoms with Gasteiger partial charge in [-0.15, -0.1) is 0 Å². The second-order valence-electron chi connectivity index (χ2n) is 6.69. The Morgan fingerprint density at radius 1 is 1.12 bits per heavy atom. The summed E-state index contributed by atoms with van der Waals surface area (Å²) in [6, 6.07) is 13.2. The molecule has 1 N–H and O–H groups in total. The zero-order chi connectivity index (χ0) is 18.4. The highest BCUT2D eigenvalue weighted by atomic mass is 79.9. The smallest absolute Gasteiger partial charge is 0.262 e. The summed E-state index contributed by atoms with van der Waals surface area (Å²) < 4.78 is 11.9. The molecule has 0 bridgehead atoms. The fourth-order valence-corrected chi connectivity index (χ4v) is 2.75. The highest BCUT2D eigenvalue weighted by Crippen LogP contribution is 2.31. The summed E-state index contributed by atoms with van der Waals surface area (Å²) >= 11 is 3.51. The van der Waals surface area contributed by atoms with Crippen molar-refractivity contribution in [3.8, 4) is 11.5 Å². The molecule has 5 heteroatoms. The lowest BCUT2D eigenvalue weighted by molar-refractivity contribution is -0.118. The Morgan fingerprint density at radius 2 is 1.88 bits per heavy atom. The van der Waals surface area contributed by atoms with Gasteiger partial charge in [0.1, 0.15) is 11.5 Å². The van der Waals surface area contributed by atoms with E-state index < -0.39 is 0 Å². The molecule has 0 spiro atoms. The lowest BCUT2D eigenvalue weighted by Gasteiger charge is -2.20. The Morgan fingerprint density at radius 3 is 2.52 bits per heavy atom. The predicted molar refractivity (Wildman–Crippen MR) is 105 cm³/mol. The van der Waals surface area contributed by atoms with Gasteiger partial charge in [-0.25, -0.2) is 0 Å². The maximum absolute atomic E-state index is 12.1. The van der Waals surface area contributed by atoms with Gasteiger partial charge in [-0.05, 0) is 58.1 Å². The van der Waals surface area contributed by atoms with Gasteiger partial charge in [0.25, 0.3) is 5.91 Å². The summed E-state index contributed by atoms with van der Waals surface area (Å²) in [7, 11) is 0. The third kappa shape index (κ3) is 5.78. The van der Waals surface area contributed by atoms with Crippen molar-refractivity contribution in [2.24, 2.45) is 0 Å². The van der Waals surface area contributed by atoms with Crippen molar-refractivity contribution in [2.75, 3.05) is 18.5 Å². The molecule has 0 aliphatic carbocycles. The number of ether oxygens (including phenoxy) is 2.